The van der Waals surface area contributed by atoms with Crippen molar-refractivity contribution in [3.05, 3.63) is 83.7 Å². The maximum absolute atomic E-state index is 14.2. The molecule has 2 N–H and O–H groups in total. The van der Waals surface area contributed by atoms with Gasteiger partial charge in [0, 0.05) is 24.7 Å². The first kappa shape index (κ1) is 29.9. The summed E-state index contributed by atoms with van der Waals surface area (Å²) in [6.45, 7) is -2.86. The molecule has 1 aliphatic heterocycles. The molecule has 14 heteroatoms. The van der Waals surface area contributed by atoms with Gasteiger partial charge >= 0.3 is 18.8 Å². The number of hydrogen-bond acceptors (Lipinski definition) is 5. The van der Waals surface area contributed by atoms with E-state index in [0.29, 0.717) is 30.2 Å². The molecule has 0 unspecified atom stereocenters. The number of sulfonamides is 1. The smallest absolute Gasteiger partial charge is 0.416 e. The summed E-state index contributed by atoms with van der Waals surface area (Å²) >= 11 is 0. The van der Waals surface area contributed by atoms with Gasteiger partial charge in [-0.25, -0.2) is 12.8 Å². The zero-order valence-electron chi connectivity index (χ0n) is 21.0. The Balaban J connectivity index is 1.78. The van der Waals surface area contributed by atoms with E-state index in [4.69, 9.17) is 5.11 Å². The summed E-state index contributed by atoms with van der Waals surface area (Å²) < 4.78 is 112. The van der Waals surface area contributed by atoms with Crippen LogP contribution in [0, 0.1) is 5.82 Å². The topological polar surface area (TPSA) is 95.9 Å². The number of hydrogen-bond donors (Lipinski definition) is 2. The van der Waals surface area contributed by atoms with Gasteiger partial charge in [-0.15, -0.1) is 0 Å². The number of benzene rings is 3. The number of carboxylic acids is 1. The Kier molecular flexibility index (Phi) is 8.63. The van der Waals surface area contributed by atoms with Gasteiger partial charge in [0.2, 0.25) is 0 Å². The van der Waals surface area contributed by atoms with Crippen LogP contribution >= 0.6 is 0 Å². The predicted octanol–water partition coefficient (Wildman–Crippen LogP) is 6.09. The van der Waals surface area contributed by atoms with Crippen LogP contribution in [-0.4, -0.2) is 50.6 Å². The average molecular weight is 601 g/mol. The molecule has 4 rings (SSSR count). The van der Waals surface area contributed by atoms with Crippen molar-refractivity contribution in [1.29, 1.82) is 0 Å². The number of carboxylic acid groups (broad SMARTS) is 1. The number of alkyl halides is 5. The monoisotopic (exact) mass is 600 g/mol. The molecule has 0 amide bonds. The van der Waals surface area contributed by atoms with Crippen LogP contribution < -0.4 is 9.46 Å². The Bertz CT molecular complexity index is 1590. The standard InChI is InChI=1S/C27H22F6N2O5S/c28-20-10-18(11-21(14-20)40-26(29)30)17-4-5-23(16-6-8-35(9-7-16)15-25(36)37)24(12-17)34-41(38,39)22-3-1-2-19(13-22)27(31,32)33/h1-6,10-14,26,34H,7-9,15H2,(H,36,37). The van der Waals surface area contributed by atoms with Crippen molar-refractivity contribution in [2.24, 2.45) is 0 Å². The van der Waals surface area contributed by atoms with Gasteiger partial charge in [0.1, 0.15) is 11.6 Å². The summed E-state index contributed by atoms with van der Waals surface area (Å²) in [6.07, 6.45) is -2.78. The van der Waals surface area contributed by atoms with Crippen LogP contribution in [0.25, 0.3) is 16.7 Å². The first-order valence-electron chi connectivity index (χ1n) is 11.9. The van der Waals surface area contributed by atoms with Crippen LogP contribution in [-0.2, 0) is 21.0 Å². The van der Waals surface area contributed by atoms with Crippen LogP contribution in [0.1, 0.15) is 17.5 Å². The molecule has 1 aliphatic rings. The van der Waals surface area contributed by atoms with Gasteiger partial charge in [-0.1, -0.05) is 24.3 Å². The molecule has 0 spiro atoms. The number of nitrogens with one attached hydrogen (secondary N) is 1. The van der Waals surface area contributed by atoms with Crippen molar-refractivity contribution in [2.45, 2.75) is 24.1 Å². The van der Waals surface area contributed by atoms with Gasteiger partial charge in [-0.05, 0) is 59.5 Å². The van der Waals surface area contributed by atoms with Gasteiger partial charge in [0.15, 0.2) is 0 Å². The Morgan fingerprint density at radius 2 is 1.80 bits per heavy atom. The number of halogens is 6. The summed E-state index contributed by atoms with van der Waals surface area (Å²) in [6, 6.07) is 10.3. The number of anilines is 1. The molecule has 0 aliphatic carbocycles. The molecule has 41 heavy (non-hydrogen) atoms. The minimum Gasteiger partial charge on any atom is -0.480 e. The first-order chi connectivity index (χ1) is 19.2. The number of aliphatic carboxylic acids is 1. The van der Waals surface area contributed by atoms with Crippen molar-refractivity contribution in [1.82, 2.24) is 4.90 Å². The molecular weight excluding hydrogens is 578 g/mol. The van der Waals surface area contributed by atoms with E-state index in [2.05, 4.69) is 9.46 Å². The van der Waals surface area contributed by atoms with E-state index in [0.717, 1.165) is 36.4 Å². The van der Waals surface area contributed by atoms with E-state index in [1.54, 1.807) is 11.0 Å². The summed E-state index contributed by atoms with van der Waals surface area (Å²) in [4.78, 5) is 12.0. The van der Waals surface area contributed by atoms with Crippen molar-refractivity contribution in [3.63, 3.8) is 0 Å². The molecule has 0 bridgehead atoms. The fraction of sp³-hybridized carbons (Fsp3) is 0.222. The maximum Gasteiger partial charge on any atom is 0.416 e. The second-order valence-electron chi connectivity index (χ2n) is 9.05. The number of rotatable bonds is 9. The molecular formula is C27H22F6N2O5S. The summed E-state index contributed by atoms with van der Waals surface area (Å²) in [5.41, 5.74) is -0.0109. The third kappa shape index (κ3) is 7.58. The fourth-order valence-corrected chi connectivity index (χ4v) is 5.44. The van der Waals surface area contributed by atoms with Crippen LogP contribution in [0.3, 0.4) is 0 Å². The normalized spacial score (nSPS) is 14.6. The van der Waals surface area contributed by atoms with Gasteiger partial charge in [0.25, 0.3) is 10.0 Å². The second kappa shape index (κ2) is 11.8. The van der Waals surface area contributed by atoms with Crippen molar-refractivity contribution in [3.8, 4) is 16.9 Å². The number of ether oxygens (including phenoxy) is 1. The molecule has 7 nitrogen and oxygen atoms in total. The van der Waals surface area contributed by atoms with Crippen LogP contribution in [0.15, 0.2) is 71.6 Å². The molecule has 0 radical (unpaired) electrons. The highest BCUT2D eigenvalue weighted by atomic mass is 32.2. The molecule has 3 aromatic carbocycles. The second-order valence-corrected chi connectivity index (χ2v) is 10.7. The molecule has 218 valence electrons. The van der Waals surface area contributed by atoms with Crippen molar-refractivity contribution < 1.29 is 49.4 Å². The molecule has 0 saturated heterocycles. The maximum atomic E-state index is 14.2. The molecule has 0 aromatic heterocycles. The highest BCUT2D eigenvalue weighted by molar-refractivity contribution is 7.92. The lowest BCUT2D eigenvalue weighted by Crippen LogP contribution is -2.33. The molecule has 0 saturated carbocycles. The molecule has 1 heterocycles. The minimum absolute atomic E-state index is 0.0666. The Labute approximate surface area is 230 Å². The summed E-state index contributed by atoms with van der Waals surface area (Å²) in [5.74, 6) is -2.40. The van der Waals surface area contributed by atoms with Crippen molar-refractivity contribution >= 4 is 27.3 Å². The van der Waals surface area contributed by atoms with E-state index in [-0.39, 0.29) is 29.9 Å². The van der Waals surface area contributed by atoms with Gasteiger partial charge < -0.3 is 9.84 Å². The summed E-state index contributed by atoms with van der Waals surface area (Å²) in [5, 5.41) is 9.04. The SMILES string of the molecule is O=C(O)CN1CC=C(c2ccc(-c3cc(F)cc(OC(F)F)c3)cc2NS(=O)(=O)c2cccc(C(F)(F)F)c2)CC1. The molecule has 0 fully saturated rings. The quantitative estimate of drug-likeness (QED) is 0.289. The first-order valence-corrected chi connectivity index (χ1v) is 13.4. The number of nitrogens with zero attached hydrogens (tertiary/aromatic N) is 1. The largest absolute Gasteiger partial charge is 0.480 e. The third-order valence-corrected chi connectivity index (χ3v) is 7.53. The average Bonchev–Trinajstić information content (AvgIpc) is 2.87. The zero-order chi connectivity index (χ0) is 29.9. The lowest BCUT2D eigenvalue weighted by Gasteiger charge is -2.26. The third-order valence-electron chi connectivity index (χ3n) is 6.16. The number of carbonyl (C=O) groups is 1. The van der Waals surface area contributed by atoms with Gasteiger partial charge in [-0.3, -0.25) is 14.4 Å². The van der Waals surface area contributed by atoms with Crippen molar-refractivity contribution in [2.75, 3.05) is 24.4 Å². The zero-order valence-corrected chi connectivity index (χ0v) is 21.8. The lowest BCUT2D eigenvalue weighted by atomic mass is 9.95. The Morgan fingerprint density at radius 1 is 1.05 bits per heavy atom. The van der Waals surface area contributed by atoms with E-state index < -0.39 is 50.8 Å². The summed E-state index contributed by atoms with van der Waals surface area (Å²) in [7, 11) is -4.58. The minimum atomic E-state index is -4.79. The van der Waals surface area contributed by atoms with Crippen LogP contribution in [0.5, 0.6) is 5.75 Å². The molecule has 0 atom stereocenters. The van der Waals surface area contributed by atoms with Gasteiger partial charge in [0.05, 0.1) is 22.7 Å². The van der Waals surface area contributed by atoms with Gasteiger partial charge in [-0.2, -0.15) is 22.0 Å². The van der Waals surface area contributed by atoms with Crippen LogP contribution in [0.2, 0.25) is 0 Å². The van der Waals surface area contributed by atoms with E-state index >= 15 is 0 Å². The molecule has 3 aromatic rings. The predicted molar refractivity (Wildman–Crippen MR) is 137 cm³/mol. The fourth-order valence-electron chi connectivity index (χ4n) is 4.32. The van der Waals surface area contributed by atoms with E-state index in [9.17, 15) is 39.6 Å². The lowest BCUT2D eigenvalue weighted by molar-refractivity contribution is -0.138. The highest BCUT2D eigenvalue weighted by Crippen LogP contribution is 2.36. The Hall–Kier alpha value is -4.04. The van der Waals surface area contributed by atoms with E-state index in [1.165, 1.54) is 18.2 Å². The highest BCUT2D eigenvalue weighted by Gasteiger charge is 2.32. The Morgan fingerprint density at radius 3 is 2.44 bits per heavy atom. The van der Waals surface area contributed by atoms with E-state index in [1.807, 2.05) is 0 Å². The van der Waals surface area contributed by atoms with Crippen LogP contribution in [0.4, 0.5) is 32.0 Å².